The number of aliphatic hydroxyl groups is 1. The molecule has 0 bridgehead atoms. The lowest BCUT2D eigenvalue weighted by Gasteiger charge is -2.25. The first-order valence-electron chi connectivity index (χ1n) is 8.16. The van der Waals surface area contributed by atoms with Crippen LogP contribution in [0.4, 0.5) is 0 Å². The lowest BCUT2D eigenvalue weighted by molar-refractivity contribution is -0.121. The van der Waals surface area contributed by atoms with Gasteiger partial charge in [-0.25, -0.2) is 0 Å². The molecule has 1 aliphatic rings. The van der Waals surface area contributed by atoms with Crippen molar-refractivity contribution in [2.75, 3.05) is 6.54 Å². The molecule has 3 nitrogen and oxygen atoms in total. The van der Waals surface area contributed by atoms with E-state index >= 15 is 0 Å². The van der Waals surface area contributed by atoms with Crippen molar-refractivity contribution in [2.45, 2.75) is 64.4 Å². The van der Waals surface area contributed by atoms with Gasteiger partial charge in [0.1, 0.15) is 0 Å². The van der Waals surface area contributed by atoms with Crippen LogP contribution >= 0.6 is 0 Å². The maximum absolute atomic E-state index is 12.0. The van der Waals surface area contributed by atoms with Crippen LogP contribution in [0.1, 0.15) is 56.2 Å². The number of hydrogen-bond acceptors (Lipinski definition) is 2. The fourth-order valence-corrected chi connectivity index (χ4v) is 2.91. The minimum atomic E-state index is -0.772. The Morgan fingerprint density at radius 2 is 1.86 bits per heavy atom. The molecule has 2 rings (SSSR count). The Morgan fingerprint density at radius 3 is 2.52 bits per heavy atom. The number of carbonyl (C=O) groups is 1. The van der Waals surface area contributed by atoms with Gasteiger partial charge in [-0.15, -0.1) is 0 Å². The number of carbonyl (C=O) groups excluding carboxylic acids is 1. The van der Waals surface area contributed by atoms with E-state index in [4.69, 9.17) is 0 Å². The van der Waals surface area contributed by atoms with Crippen LogP contribution in [0.2, 0.25) is 0 Å². The van der Waals surface area contributed by atoms with Crippen molar-refractivity contribution in [1.29, 1.82) is 0 Å². The zero-order valence-electron chi connectivity index (χ0n) is 13.2. The molecule has 3 heteroatoms. The van der Waals surface area contributed by atoms with E-state index in [0.29, 0.717) is 25.8 Å². The monoisotopic (exact) mass is 289 g/mol. The van der Waals surface area contributed by atoms with Gasteiger partial charge in [-0.05, 0) is 55.2 Å². The van der Waals surface area contributed by atoms with Crippen molar-refractivity contribution in [3.05, 3.63) is 34.9 Å². The molecule has 0 heterocycles. The van der Waals surface area contributed by atoms with Crippen LogP contribution in [0, 0.1) is 0 Å². The SMILES string of the molecule is CCC(O)(CC)CNC(=O)Cc1ccc2c(c1)CCCC2. The molecule has 0 aromatic heterocycles. The predicted octanol–water partition coefficient (Wildman–Crippen LogP) is 2.78. The maximum Gasteiger partial charge on any atom is 0.224 e. The molecule has 0 atom stereocenters. The average Bonchev–Trinajstić information content (AvgIpc) is 2.52. The van der Waals surface area contributed by atoms with E-state index in [2.05, 4.69) is 23.5 Å². The normalized spacial score (nSPS) is 14.6. The zero-order valence-corrected chi connectivity index (χ0v) is 13.2. The summed E-state index contributed by atoms with van der Waals surface area (Å²) in [5.74, 6) is -0.00826. The summed E-state index contributed by atoms with van der Waals surface area (Å²) >= 11 is 0. The minimum absolute atomic E-state index is 0.00826. The highest BCUT2D eigenvalue weighted by Gasteiger charge is 2.22. The molecule has 0 saturated heterocycles. The van der Waals surface area contributed by atoms with Gasteiger partial charge in [-0.3, -0.25) is 4.79 Å². The number of aryl methyl sites for hydroxylation is 2. The van der Waals surface area contributed by atoms with Crippen LogP contribution in [0.15, 0.2) is 18.2 Å². The second-order valence-corrected chi connectivity index (χ2v) is 6.20. The Labute approximate surface area is 127 Å². The molecule has 1 aliphatic carbocycles. The Bertz CT molecular complexity index is 492. The second-order valence-electron chi connectivity index (χ2n) is 6.20. The maximum atomic E-state index is 12.0. The van der Waals surface area contributed by atoms with Crippen molar-refractivity contribution in [2.24, 2.45) is 0 Å². The molecule has 0 spiro atoms. The molecule has 1 amide bonds. The van der Waals surface area contributed by atoms with E-state index in [0.717, 1.165) is 12.0 Å². The van der Waals surface area contributed by atoms with E-state index < -0.39 is 5.60 Å². The van der Waals surface area contributed by atoms with E-state index in [9.17, 15) is 9.90 Å². The predicted molar refractivity (Wildman–Crippen MR) is 85.3 cm³/mol. The van der Waals surface area contributed by atoms with Gasteiger partial charge >= 0.3 is 0 Å². The summed E-state index contributed by atoms with van der Waals surface area (Å²) in [5.41, 5.74) is 3.15. The Balaban J connectivity index is 1.91. The van der Waals surface area contributed by atoms with Gasteiger partial charge in [0, 0.05) is 6.54 Å². The van der Waals surface area contributed by atoms with Crippen molar-refractivity contribution in [1.82, 2.24) is 5.32 Å². The standard InChI is InChI=1S/C18H27NO2/c1-3-18(21,4-2)13-19-17(20)12-14-9-10-15-7-5-6-8-16(15)11-14/h9-11,21H,3-8,12-13H2,1-2H3,(H,19,20). The van der Waals surface area contributed by atoms with Crippen molar-refractivity contribution in [3.63, 3.8) is 0 Å². The molecule has 1 aromatic rings. The Hall–Kier alpha value is -1.35. The summed E-state index contributed by atoms with van der Waals surface area (Å²) in [6.45, 7) is 4.22. The molecule has 0 unspecified atom stereocenters. The summed E-state index contributed by atoms with van der Waals surface area (Å²) in [5, 5.41) is 13.1. The van der Waals surface area contributed by atoms with Gasteiger partial charge in [0.15, 0.2) is 0 Å². The molecule has 2 N–H and O–H groups in total. The fraction of sp³-hybridized carbons (Fsp3) is 0.611. The van der Waals surface area contributed by atoms with Crippen LogP contribution in [0.3, 0.4) is 0 Å². The Morgan fingerprint density at radius 1 is 1.19 bits per heavy atom. The highest BCUT2D eigenvalue weighted by molar-refractivity contribution is 5.78. The van der Waals surface area contributed by atoms with Gasteiger partial charge in [0.05, 0.1) is 12.0 Å². The largest absolute Gasteiger partial charge is 0.388 e. The van der Waals surface area contributed by atoms with Crippen molar-refractivity contribution in [3.8, 4) is 0 Å². The van der Waals surface area contributed by atoms with Gasteiger partial charge < -0.3 is 10.4 Å². The highest BCUT2D eigenvalue weighted by Crippen LogP contribution is 2.22. The topological polar surface area (TPSA) is 49.3 Å². The lowest BCUT2D eigenvalue weighted by atomic mass is 9.90. The minimum Gasteiger partial charge on any atom is -0.388 e. The molecule has 0 aliphatic heterocycles. The third kappa shape index (κ3) is 4.31. The zero-order chi connectivity index (χ0) is 15.3. The fourth-order valence-electron chi connectivity index (χ4n) is 2.91. The van der Waals surface area contributed by atoms with E-state index in [1.165, 1.54) is 30.4 Å². The first kappa shape index (κ1) is 16.0. The van der Waals surface area contributed by atoms with Gasteiger partial charge in [-0.1, -0.05) is 32.0 Å². The third-order valence-electron chi connectivity index (χ3n) is 4.71. The van der Waals surface area contributed by atoms with Crippen molar-refractivity contribution >= 4 is 5.91 Å². The first-order chi connectivity index (χ1) is 10.1. The number of fused-ring (bicyclic) bond motifs is 1. The molecule has 0 fully saturated rings. The summed E-state index contributed by atoms with van der Waals surface area (Å²) < 4.78 is 0. The lowest BCUT2D eigenvalue weighted by Crippen LogP contribution is -2.42. The summed E-state index contributed by atoms with van der Waals surface area (Å²) in [4.78, 5) is 12.0. The molecule has 116 valence electrons. The number of hydrogen-bond donors (Lipinski definition) is 2. The van der Waals surface area contributed by atoms with Crippen LogP contribution in [0.5, 0.6) is 0 Å². The Kier molecular flexibility index (Phi) is 5.40. The molecule has 0 radical (unpaired) electrons. The number of benzene rings is 1. The second kappa shape index (κ2) is 7.08. The number of rotatable bonds is 6. The van der Waals surface area contributed by atoms with Gasteiger partial charge in [0.2, 0.25) is 5.91 Å². The quantitative estimate of drug-likeness (QED) is 0.846. The summed E-state index contributed by atoms with van der Waals surface area (Å²) in [7, 11) is 0. The third-order valence-corrected chi connectivity index (χ3v) is 4.71. The van der Waals surface area contributed by atoms with Crippen molar-refractivity contribution < 1.29 is 9.90 Å². The molecule has 1 aromatic carbocycles. The van der Waals surface area contributed by atoms with Crippen LogP contribution in [0.25, 0.3) is 0 Å². The van der Waals surface area contributed by atoms with Crippen LogP contribution in [-0.4, -0.2) is 23.2 Å². The van der Waals surface area contributed by atoms with Gasteiger partial charge in [0.25, 0.3) is 0 Å². The van der Waals surface area contributed by atoms with Crippen LogP contribution < -0.4 is 5.32 Å². The smallest absolute Gasteiger partial charge is 0.224 e. The van der Waals surface area contributed by atoms with Gasteiger partial charge in [-0.2, -0.15) is 0 Å². The van der Waals surface area contributed by atoms with Crippen LogP contribution in [-0.2, 0) is 24.1 Å². The van der Waals surface area contributed by atoms with E-state index in [1.807, 2.05) is 13.8 Å². The molecular formula is C18H27NO2. The average molecular weight is 289 g/mol. The summed E-state index contributed by atoms with van der Waals surface area (Å²) in [6.07, 6.45) is 6.54. The van der Waals surface area contributed by atoms with E-state index in [-0.39, 0.29) is 5.91 Å². The molecular weight excluding hydrogens is 262 g/mol. The number of nitrogens with one attached hydrogen (secondary N) is 1. The van der Waals surface area contributed by atoms with E-state index in [1.54, 1.807) is 0 Å². The molecule has 0 saturated carbocycles. The highest BCUT2D eigenvalue weighted by atomic mass is 16.3. The number of amides is 1. The summed E-state index contributed by atoms with van der Waals surface area (Å²) in [6, 6.07) is 6.42. The molecule has 21 heavy (non-hydrogen) atoms. The first-order valence-corrected chi connectivity index (χ1v) is 8.16.